The number of hydrogen-bond acceptors (Lipinski definition) is 6. The normalized spacial score (nSPS) is 11.9. The van der Waals surface area contributed by atoms with Crippen LogP contribution in [0.1, 0.15) is 23.1 Å². The molecule has 21 heavy (non-hydrogen) atoms. The van der Waals surface area contributed by atoms with E-state index in [0.29, 0.717) is 0 Å². The van der Waals surface area contributed by atoms with Crippen LogP contribution in [0.15, 0.2) is 35.8 Å². The summed E-state index contributed by atoms with van der Waals surface area (Å²) in [6.45, 7) is 6.09. The molecule has 0 amide bonds. The number of rotatable bonds is 3. The molecular formula is C15H15N5S. The monoisotopic (exact) mass is 297 g/mol. The zero-order valence-electron chi connectivity index (χ0n) is 12.1. The van der Waals surface area contributed by atoms with Crippen LogP contribution in [0.25, 0.3) is 10.2 Å². The maximum atomic E-state index is 4.38. The molecule has 6 heteroatoms. The summed E-state index contributed by atoms with van der Waals surface area (Å²) in [5, 5.41) is 5.42. The quantitative estimate of drug-likeness (QED) is 0.593. The highest BCUT2D eigenvalue weighted by molar-refractivity contribution is 7.18. The molecule has 0 bridgehead atoms. The van der Waals surface area contributed by atoms with Crippen LogP contribution in [0.4, 0.5) is 5.82 Å². The lowest BCUT2D eigenvalue weighted by Gasteiger charge is -2.04. The fraction of sp³-hybridized carbons (Fsp3) is 0.200. The number of aromatic nitrogens is 3. The third kappa shape index (κ3) is 2.62. The van der Waals surface area contributed by atoms with E-state index >= 15 is 0 Å². The molecule has 0 atom stereocenters. The minimum absolute atomic E-state index is 0.733. The average molecular weight is 297 g/mol. The number of anilines is 1. The van der Waals surface area contributed by atoms with Gasteiger partial charge in [0.1, 0.15) is 11.2 Å². The first-order chi connectivity index (χ1) is 10.2. The summed E-state index contributed by atoms with van der Waals surface area (Å²) in [5.74, 6) is 0.733. The van der Waals surface area contributed by atoms with E-state index < -0.39 is 0 Å². The molecule has 3 aromatic heterocycles. The Morgan fingerprint density at radius 1 is 1.19 bits per heavy atom. The van der Waals surface area contributed by atoms with Crippen LogP contribution in [-0.2, 0) is 0 Å². The number of fused-ring (bicyclic) bond motifs is 1. The molecule has 0 aliphatic carbocycles. The Morgan fingerprint density at radius 2 is 2.05 bits per heavy atom. The molecule has 106 valence electrons. The van der Waals surface area contributed by atoms with E-state index in [-0.39, 0.29) is 0 Å². The third-order valence-electron chi connectivity index (χ3n) is 3.33. The van der Waals surface area contributed by atoms with E-state index in [9.17, 15) is 0 Å². The van der Waals surface area contributed by atoms with Crippen LogP contribution in [0.2, 0.25) is 0 Å². The average Bonchev–Trinajstić information content (AvgIpc) is 2.81. The minimum atomic E-state index is 0.733. The maximum Gasteiger partial charge on any atom is 0.158 e. The SMILES string of the molecule is C/C(=N/Nc1ncnc2sc(C)c(C)c12)c1ccccn1. The van der Waals surface area contributed by atoms with Crippen molar-refractivity contribution in [3.63, 3.8) is 0 Å². The first-order valence-electron chi connectivity index (χ1n) is 6.59. The summed E-state index contributed by atoms with van der Waals surface area (Å²) in [5.41, 5.74) is 5.89. The van der Waals surface area contributed by atoms with Gasteiger partial charge in [0.25, 0.3) is 0 Å². The lowest BCUT2D eigenvalue weighted by atomic mass is 10.2. The Labute approximate surface area is 126 Å². The molecule has 0 unspecified atom stereocenters. The molecule has 3 heterocycles. The van der Waals surface area contributed by atoms with Gasteiger partial charge in [-0.2, -0.15) is 5.10 Å². The molecule has 0 fully saturated rings. The maximum absolute atomic E-state index is 4.38. The Bertz CT molecular complexity index is 808. The highest BCUT2D eigenvalue weighted by Crippen LogP contribution is 2.32. The van der Waals surface area contributed by atoms with Crippen molar-refractivity contribution >= 4 is 33.1 Å². The number of hydrogen-bond donors (Lipinski definition) is 1. The Kier molecular flexibility index (Phi) is 3.62. The van der Waals surface area contributed by atoms with Crippen molar-refractivity contribution in [2.45, 2.75) is 20.8 Å². The summed E-state index contributed by atoms with van der Waals surface area (Å²) < 4.78 is 0. The highest BCUT2D eigenvalue weighted by Gasteiger charge is 2.11. The number of aryl methyl sites for hydroxylation is 2. The third-order valence-corrected chi connectivity index (χ3v) is 4.45. The second kappa shape index (κ2) is 5.57. The summed E-state index contributed by atoms with van der Waals surface area (Å²) in [7, 11) is 0. The zero-order valence-corrected chi connectivity index (χ0v) is 12.9. The molecule has 0 aliphatic rings. The molecule has 1 N–H and O–H groups in total. The fourth-order valence-corrected chi connectivity index (χ4v) is 3.03. The van der Waals surface area contributed by atoms with Gasteiger partial charge in [-0.1, -0.05) is 6.07 Å². The highest BCUT2D eigenvalue weighted by atomic mass is 32.1. The van der Waals surface area contributed by atoms with Gasteiger partial charge in [-0.25, -0.2) is 9.97 Å². The number of nitrogens with one attached hydrogen (secondary N) is 1. The molecule has 0 saturated carbocycles. The summed E-state index contributed by atoms with van der Waals surface area (Å²) in [6.07, 6.45) is 3.31. The van der Waals surface area contributed by atoms with E-state index in [1.807, 2.05) is 25.1 Å². The Balaban J connectivity index is 1.96. The van der Waals surface area contributed by atoms with Crippen LogP contribution >= 0.6 is 11.3 Å². The Morgan fingerprint density at radius 3 is 2.81 bits per heavy atom. The second-order valence-corrected chi connectivity index (χ2v) is 5.91. The molecule has 0 saturated heterocycles. The van der Waals surface area contributed by atoms with Gasteiger partial charge in [0.05, 0.1) is 16.8 Å². The van der Waals surface area contributed by atoms with E-state index in [1.54, 1.807) is 23.9 Å². The molecule has 0 aliphatic heterocycles. The van der Waals surface area contributed by atoms with Crippen molar-refractivity contribution in [3.8, 4) is 0 Å². The number of nitrogens with zero attached hydrogens (tertiary/aromatic N) is 4. The van der Waals surface area contributed by atoms with Crippen LogP contribution in [0.5, 0.6) is 0 Å². The summed E-state index contributed by atoms with van der Waals surface area (Å²) >= 11 is 1.67. The molecule has 0 spiro atoms. The molecule has 3 rings (SSSR count). The summed E-state index contributed by atoms with van der Waals surface area (Å²) in [6, 6.07) is 5.75. The van der Waals surface area contributed by atoms with Gasteiger partial charge in [-0.3, -0.25) is 10.4 Å². The summed E-state index contributed by atoms with van der Waals surface area (Å²) in [4.78, 5) is 15.1. The molecule has 0 aromatic carbocycles. The van der Waals surface area contributed by atoms with Gasteiger partial charge in [-0.15, -0.1) is 11.3 Å². The van der Waals surface area contributed by atoms with Gasteiger partial charge in [-0.05, 0) is 38.5 Å². The van der Waals surface area contributed by atoms with Crippen molar-refractivity contribution in [3.05, 3.63) is 46.9 Å². The van der Waals surface area contributed by atoms with Crippen molar-refractivity contribution in [2.75, 3.05) is 5.43 Å². The van der Waals surface area contributed by atoms with Crippen LogP contribution < -0.4 is 5.43 Å². The van der Waals surface area contributed by atoms with E-state index in [2.05, 4.69) is 39.3 Å². The minimum Gasteiger partial charge on any atom is -0.260 e. The van der Waals surface area contributed by atoms with Crippen molar-refractivity contribution < 1.29 is 0 Å². The largest absolute Gasteiger partial charge is 0.260 e. The first kappa shape index (κ1) is 13.6. The van der Waals surface area contributed by atoms with Gasteiger partial charge in [0.15, 0.2) is 5.82 Å². The van der Waals surface area contributed by atoms with Gasteiger partial charge >= 0.3 is 0 Å². The predicted molar refractivity (Wildman–Crippen MR) is 87.0 cm³/mol. The topological polar surface area (TPSA) is 63.1 Å². The van der Waals surface area contributed by atoms with Crippen LogP contribution in [0, 0.1) is 13.8 Å². The van der Waals surface area contributed by atoms with Crippen molar-refractivity contribution in [1.29, 1.82) is 0 Å². The van der Waals surface area contributed by atoms with Crippen molar-refractivity contribution in [1.82, 2.24) is 15.0 Å². The molecular weight excluding hydrogens is 282 g/mol. The molecule has 3 aromatic rings. The van der Waals surface area contributed by atoms with E-state index in [0.717, 1.165) is 27.4 Å². The van der Waals surface area contributed by atoms with E-state index in [1.165, 1.54) is 10.4 Å². The number of hydrazone groups is 1. The smallest absolute Gasteiger partial charge is 0.158 e. The van der Waals surface area contributed by atoms with Crippen LogP contribution in [0.3, 0.4) is 0 Å². The number of pyridine rings is 1. The second-order valence-electron chi connectivity index (χ2n) is 4.71. The predicted octanol–water partition coefficient (Wildman–Crippen LogP) is 3.54. The Hall–Kier alpha value is -2.34. The first-order valence-corrected chi connectivity index (χ1v) is 7.41. The van der Waals surface area contributed by atoms with Crippen molar-refractivity contribution in [2.24, 2.45) is 5.10 Å². The molecule has 0 radical (unpaired) electrons. The van der Waals surface area contributed by atoms with Crippen LogP contribution in [-0.4, -0.2) is 20.7 Å². The lowest BCUT2D eigenvalue weighted by Crippen LogP contribution is -2.03. The number of thiophene rings is 1. The molecule has 5 nitrogen and oxygen atoms in total. The zero-order chi connectivity index (χ0) is 14.8. The van der Waals surface area contributed by atoms with Gasteiger partial charge in [0.2, 0.25) is 0 Å². The van der Waals surface area contributed by atoms with Gasteiger partial charge in [0, 0.05) is 11.1 Å². The van der Waals surface area contributed by atoms with E-state index in [4.69, 9.17) is 0 Å². The van der Waals surface area contributed by atoms with Gasteiger partial charge < -0.3 is 0 Å². The standard InChI is InChI=1S/C15H15N5S/c1-9-11(3)21-15-13(9)14(17-8-18-15)20-19-10(2)12-6-4-5-7-16-12/h4-8H,1-3H3,(H,17,18,20)/b19-10-. The fourth-order valence-electron chi connectivity index (χ4n) is 2.04. The lowest BCUT2D eigenvalue weighted by molar-refractivity contribution is 1.17.